The SMILES string of the molecule is O=C1CC=C(c2ccc(Br)cc2)N1Cc1ccccc1. The zero-order valence-electron chi connectivity index (χ0n) is 10.9. The number of hydrogen-bond donors (Lipinski definition) is 0. The normalized spacial score (nSPS) is 14.6. The van der Waals surface area contributed by atoms with Gasteiger partial charge < -0.3 is 4.90 Å². The Kier molecular flexibility index (Phi) is 3.70. The second-order valence-corrected chi connectivity index (χ2v) is 5.68. The molecule has 0 aromatic heterocycles. The molecule has 2 nitrogen and oxygen atoms in total. The van der Waals surface area contributed by atoms with E-state index < -0.39 is 0 Å². The summed E-state index contributed by atoms with van der Waals surface area (Å²) >= 11 is 3.43. The molecule has 0 bridgehead atoms. The van der Waals surface area contributed by atoms with E-state index in [0.29, 0.717) is 13.0 Å². The quantitative estimate of drug-likeness (QED) is 0.826. The van der Waals surface area contributed by atoms with Crippen LogP contribution in [-0.4, -0.2) is 10.8 Å². The molecule has 0 atom stereocenters. The van der Waals surface area contributed by atoms with Gasteiger partial charge in [-0.1, -0.05) is 64.5 Å². The fourth-order valence-corrected chi connectivity index (χ4v) is 2.64. The van der Waals surface area contributed by atoms with Crippen LogP contribution in [0.4, 0.5) is 0 Å². The van der Waals surface area contributed by atoms with Gasteiger partial charge in [0.15, 0.2) is 0 Å². The maximum Gasteiger partial charge on any atom is 0.231 e. The molecule has 1 aliphatic heterocycles. The van der Waals surface area contributed by atoms with Crippen LogP contribution < -0.4 is 0 Å². The Morgan fingerprint density at radius 1 is 1.00 bits per heavy atom. The van der Waals surface area contributed by atoms with Gasteiger partial charge in [-0.15, -0.1) is 0 Å². The maximum absolute atomic E-state index is 12.1. The summed E-state index contributed by atoms with van der Waals surface area (Å²) in [7, 11) is 0. The van der Waals surface area contributed by atoms with E-state index >= 15 is 0 Å². The van der Waals surface area contributed by atoms with Crippen LogP contribution in [0.3, 0.4) is 0 Å². The van der Waals surface area contributed by atoms with Crippen molar-refractivity contribution >= 4 is 27.5 Å². The first-order valence-corrected chi connectivity index (χ1v) is 7.34. The lowest BCUT2D eigenvalue weighted by atomic mass is 10.1. The molecule has 0 unspecified atom stereocenters. The van der Waals surface area contributed by atoms with Crippen LogP contribution in [0.1, 0.15) is 17.5 Å². The third-order valence-electron chi connectivity index (χ3n) is 3.39. The minimum atomic E-state index is 0.159. The van der Waals surface area contributed by atoms with Crippen molar-refractivity contribution in [2.75, 3.05) is 0 Å². The summed E-state index contributed by atoms with van der Waals surface area (Å²) in [6, 6.07) is 18.1. The Morgan fingerprint density at radius 3 is 2.40 bits per heavy atom. The highest BCUT2D eigenvalue weighted by molar-refractivity contribution is 9.10. The van der Waals surface area contributed by atoms with Gasteiger partial charge in [0, 0.05) is 16.6 Å². The molecular weight excluding hydrogens is 314 g/mol. The van der Waals surface area contributed by atoms with Gasteiger partial charge in [0.2, 0.25) is 5.91 Å². The summed E-state index contributed by atoms with van der Waals surface area (Å²) < 4.78 is 1.04. The second kappa shape index (κ2) is 5.63. The average Bonchev–Trinajstić information content (AvgIpc) is 2.83. The molecule has 1 heterocycles. The molecule has 0 saturated carbocycles. The second-order valence-electron chi connectivity index (χ2n) is 4.77. The summed E-state index contributed by atoms with van der Waals surface area (Å²) in [5.74, 6) is 0.159. The Morgan fingerprint density at radius 2 is 1.70 bits per heavy atom. The fraction of sp³-hybridized carbons (Fsp3) is 0.118. The van der Waals surface area contributed by atoms with Crippen molar-refractivity contribution in [1.82, 2.24) is 4.90 Å². The van der Waals surface area contributed by atoms with Gasteiger partial charge in [0.1, 0.15) is 0 Å². The molecule has 3 rings (SSSR count). The van der Waals surface area contributed by atoms with Crippen LogP contribution in [-0.2, 0) is 11.3 Å². The first-order chi connectivity index (χ1) is 9.74. The lowest BCUT2D eigenvalue weighted by molar-refractivity contribution is -0.126. The van der Waals surface area contributed by atoms with Crippen molar-refractivity contribution in [1.29, 1.82) is 0 Å². The van der Waals surface area contributed by atoms with Gasteiger partial charge in [0.05, 0.1) is 6.54 Å². The summed E-state index contributed by atoms with van der Waals surface area (Å²) in [6.45, 7) is 0.627. The first-order valence-electron chi connectivity index (χ1n) is 6.54. The van der Waals surface area contributed by atoms with E-state index in [1.54, 1.807) is 0 Å². The predicted octanol–water partition coefficient (Wildman–Crippen LogP) is 4.22. The van der Waals surface area contributed by atoms with E-state index in [-0.39, 0.29) is 5.91 Å². The van der Waals surface area contributed by atoms with Gasteiger partial charge in [-0.3, -0.25) is 4.79 Å². The molecule has 0 fully saturated rings. The van der Waals surface area contributed by atoms with Crippen LogP contribution in [0, 0.1) is 0 Å². The van der Waals surface area contributed by atoms with Crippen molar-refractivity contribution in [2.24, 2.45) is 0 Å². The lowest BCUT2D eigenvalue weighted by Crippen LogP contribution is -2.24. The molecule has 1 amide bonds. The summed E-state index contributed by atoms with van der Waals surface area (Å²) in [4.78, 5) is 14.0. The molecule has 0 N–H and O–H groups in total. The first kappa shape index (κ1) is 13.1. The highest BCUT2D eigenvalue weighted by Crippen LogP contribution is 2.29. The van der Waals surface area contributed by atoms with Crippen LogP contribution >= 0.6 is 15.9 Å². The minimum Gasteiger partial charge on any atom is -0.307 e. The van der Waals surface area contributed by atoms with E-state index in [0.717, 1.165) is 21.3 Å². The Hall–Kier alpha value is -1.87. The Balaban J connectivity index is 1.87. The molecule has 0 spiro atoms. The van der Waals surface area contributed by atoms with Gasteiger partial charge >= 0.3 is 0 Å². The molecule has 2 aromatic carbocycles. The number of benzene rings is 2. The molecule has 20 heavy (non-hydrogen) atoms. The van der Waals surface area contributed by atoms with Gasteiger partial charge in [-0.25, -0.2) is 0 Å². The molecule has 2 aromatic rings. The number of rotatable bonds is 3. The van der Waals surface area contributed by atoms with Crippen molar-refractivity contribution in [3.05, 3.63) is 76.3 Å². The van der Waals surface area contributed by atoms with Crippen molar-refractivity contribution in [3.8, 4) is 0 Å². The van der Waals surface area contributed by atoms with E-state index in [1.165, 1.54) is 0 Å². The average molecular weight is 328 g/mol. The molecule has 0 aliphatic carbocycles. The molecule has 1 aliphatic rings. The lowest BCUT2D eigenvalue weighted by Gasteiger charge is -2.21. The van der Waals surface area contributed by atoms with Gasteiger partial charge in [-0.2, -0.15) is 0 Å². The van der Waals surface area contributed by atoms with E-state index in [9.17, 15) is 4.79 Å². The van der Waals surface area contributed by atoms with Crippen LogP contribution in [0.2, 0.25) is 0 Å². The number of amides is 1. The monoisotopic (exact) mass is 327 g/mol. The zero-order valence-corrected chi connectivity index (χ0v) is 12.5. The summed E-state index contributed by atoms with van der Waals surface area (Å²) in [5, 5.41) is 0. The number of hydrogen-bond acceptors (Lipinski definition) is 1. The van der Waals surface area contributed by atoms with Crippen molar-refractivity contribution < 1.29 is 4.79 Å². The molecule has 0 saturated heterocycles. The van der Waals surface area contributed by atoms with Gasteiger partial charge in [0.25, 0.3) is 0 Å². The summed E-state index contributed by atoms with van der Waals surface area (Å²) in [6.07, 6.45) is 2.49. The minimum absolute atomic E-state index is 0.159. The highest BCUT2D eigenvalue weighted by Gasteiger charge is 2.24. The van der Waals surface area contributed by atoms with Crippen LogP contribution in [0.15, 0.2) is 65.1 Å². The zero-order chi connectivity index (χ0) is 13.9. The van der Waals surface area contributed by atoms with Crippen LogP contribution in [0.5, 0.6) is 0 Å². The third kappa shape index (κ3) is 2.68. The Bertz CT molecular complexity index is 646. The standard InChI is InChI=1S/C17H14BrNO/c18-15-8-6-14(7-9-15)16-10-11-17(20)19(16)12-13-4-2-1-3-5-13/h1-10H,11-12H2. The topological polar surface area (TPSA) is 20.3 Å². The third-order valence-corrected chi connectivity index (χ3v) is 3.91. The predicted molar refractivity (Wildman–Crippen MR) is 83.7 cm³/mol. The fourth-order valence-electron chi connectivity index (χ4n) is 2.37. The number of carbonyl (C=O) groups is 1. The van der Waals surface area contributed by atoms with E-state index in [2.05, 4.69) is 15.9 Å². The largest absolute Gasteiger partial charge is 0.307 e. The highest BCUT2D eigenvalue weighted by atomic mass is 79.9. The van der Waals surface area contributed by atoms with E-state index in [1.807, 2.05) is 65.6 Å². The van der Waals surface area contributed by atoms with Crippen molar-refractivity contribution in [2.45, 2.75) is 13.0 Å². The smallest absolute Gasteiger partial charge is 0.231 e. The Labute approximate surface area is 126 Å². The molecule has 100 valence electrons. The number of carbonyl (C=O) groups excluding carboxylic acids is 1. The number of halogens is 1. The number of nitrogens with zero attached hydrogens (tertiary/aromatic N) is 1. The van der Waals surface area contributed by atoms with E-state index in [4.69, 9.17) is 0 Å². The summed E-state index contributed by atoms with van der Waals surface area (Å²) in [5.41, 5.74) is 3.23. The molecule has 3 heteroatoms. The van der Waals surface area contributed by atoms with Crippen LogP contribution in [0.25, 0.3) is 5.70 Å². The van der Waals surface area contributed by atoms with Crippen molar-refractivity contribution in [3.63, 3.8) is 0 Å². The molecular formula is C17H14BrNO. The maximum atomic E-state index is 12.1. The molecule has 0 radical (unpaired) electrons. The van der Waals surface area contributed by atoms with Gasteiger partial charge in [-0.05, 0) is 23.3 Å².